The van der Waals surface area contributed by atoms with Crippen LogP contribution in [0.3, 0.4) is 0 Å². The Morgan fingerprint density at radius 3 is 2.72 bits per heavy atom. The normalized spacial score (nSPS) is 27.5. The molecule has 5 rings (SSSR count). The Balaban J connectivity index is 1.25. The molecule has 2 saturated carbocycles. The summed E-state index contributed by atoms with van der Waals surface area (Å²) >= 11 is 6.19. The lowest BCUT2D eigenvalue weighted by atomic mass is 10.1. The Morgan fingerprint density at radius 2 is 2.06 bits per heavy atom. The van der Waals surface area contributed by atoms with Crippen molar-refractivity contribution < 1.29 is 27.5 Å². The van der Waals surface area contributed by atoms with E-state index < -0.39 is 32.8 Å². The monoisotopic (exact) mass is 536 g/mol. The number of rotatable bonds is 9. The minimum Gasteiger partial charge on any atom is -0.494 e. The van der Waals surface area contributed by atoms with Crippen molar-refractivity contribution in [2.45, 2.75) is 62.0 Å². The molecule has 36 heavy (non-hydrogen) atoms. The molecule has 4 atom stereocenters. The number of hydrogen-bond donors (Lipinski definition) is 3. The Morgan fingerprint density at radius 1 is 1.28 bits per heavy atom. The van der Waals surface area contributed by atoms with Crippen LogP contribution in [0.4, 0.5) is 0 Å². The van der Waals surface area contributed by atoms with Gasteiger partial charge in [0.2, 0.25) is 21.8 Å². The number of pyridine rings is 1. The number of nitrogens with one attached hydrogen (secondary N) is 3. The highest BCUT2D eigenvalue weighted by atomic mass is 35.5. The molecule has 3 aliphatic rings. The number of amides is 2. The third-order valence-corrected chi connectivity index (χ3v) is 9.28. The zero-order chi connectivity index (χ0) is 25.7. The van der Waals surface area contributed by atoms with Gasteiger partial charge in [-0.25, -0.2) is 13.4 Å². The van der Waals surface area contributed by atoms with E-state index in [1.165, 1.54) is 0 Å². The van der Waals surface area contributed by atoms with Gasteiger partial charge in [-0.05, 0) is 43.4 Å². The van der Waals surface area contributed by atoms with Crippen LogP contribution in [-0.2, 0) is 19.6 Å². The predicted molar refractivity (Wildman–Crippen MR) is 133 cm³/mol. The summed E-state index contributed by atoms with van der Waals surface area (Å²) < 4.78 is 38.3. The summed E-state index contributed by atoms with van der Waals surface area (Å²) in [6.45, 7) is 2.32. The number of halogens is 1. The van der Waals surface area contributed by atoms with Crippen molar-refractivity contribution in [1.82, 2.24) is 20.3 Å². The van der Waals surface area contributed by atoms with E-state index in [-0.39, 0.29) is 17.9 Å². The van der Waals surface area contributed by atoms with Crippen molar-refractivity contribution in [3.8, 4) is 11.6 Å². The van der Waals surface area contributed by atoms with Crippen LogP contribution in [0.25, 0.3) is 10.8 Å². The molecule has 10 nitrogen and oxygen atoms in total. The lowest BCUT2D eigenvalue weighted by molar-refractivity contribution is -0.130. The van der Waals surface area contributed by atoms with E-state index in [4.69, 9.17) is 21.1 Å². The summed E-state index contributed by atoms with van der Waals surface area (Å²) in [6, 6.07) is 4.76. The van der Waals surface area contributed by atoms with E-state index in [1.54, 1.807) is 25.4 Å². The van der Waals surface area contributed by atoms with Crippen LogP contribution >= 0.6 is 11.6 Å². The number of ether oxygens (including phenoxy) is 2. The minimum absolute atomic E-state index is 0.107. The Hall–Kier alpha value is -2.63. The first-order chi connectivity index (χ1) is 17.2. The van der Waals surface area contributed by atoms with E-state index in [2.05, 4.69) is 20.3 Å². The number of sulfonamides is 1. The van der Waals surface area contributed by atoms with Crippen LogP contribution < -0.4 is 24.8 Å². The first kappa shape index (κ1) is 25.0. The number of benzene rings is 1. The van der Waals surface area contributed by atoms with Crippen LogP contribution in [0.2, 0.25) is 5.02 Å². The van der Waals surface area contributed by atoms with E-state index >= 15 is 0 Å². The van der Waals surface area contributed by atoms with Crippen LogP contribution in [-0.4, -0.2) is 61.8 Å². The number of nitrogens with zero attached hydrogens (tertiary/aromatic N) is 1. The fourth-order valence-electron chi connectivity index (χ4n) is 4.87. The molecular formula is C24H29ClN4O6S. The van der Waals surface area contributed by atoms with Gasteiger partial charge in [0.15, 0.2) is 0 Å². The molecular weight excluding hydrogens is 508 g/mol. The van der Waals surface area contributed by atoms with Crippen LogP contribution in [0.5, 0.6) is 11.6 Å². The molecule has 0 bridgehead atoms. The maximum Gasteiger partial charge on any atom is 0.259 e. The van der Waals surface area contributed by atoms with Crippen LogP contribution in [0.1, 0.15) is 39.0 Å². The summed E-state index contributed by atoms with van der Waals surface area (Å²) in [4.78, 5) is 30.4. The zero-order valence-electron chi connectivity index (χ0n) is 20.0. The van der Waals surface area contributed by atoms with E-state index in [1.807, 2.05) is 13.0 Å². The number of carbonyl (C=O) groups is 2. The molecule has 2 heterocycles. The second-order valence-electron chi connectivity index (χ2n) is 9.70. The molecule has 0 spiro atoms. The SMILES string of the molecule is CC[C@@H]1C[C@]1(NC(=O)[C@@H]1C[C@@H](Oc2ncc(OC)c3ccc(Cl)cc23)CN1)C(=O)NS(=O)(=O)C1CC1. The van der Waals surface area contributed by atoms with Crippen LogP contribution in [0.15, 0.2) is 24.4 Å². The Bertz CT molecular complexity index is 1320. The highest BCUT2D eigenvalue weighted by Crippen LogP contribution is 2.46. The summed E-state index contributed by atoms with van der Waals surface area (Å²) in [6.07, 6.45) is 3.76. The molecule has 12 heteroatoms. The van der Waals surface area contributed by atoms with Gasteiger partial charge in [0, 0.05) is 28.8 Å². The summed E-state index contributed by atoms with van der Waals surface area (Å²) in [5.74, 6) is -0.129. The molecule has 1 aromatic carbocycles. The van der Waals surface area contributed by atoms with Crippen molar-refractivity contribution in [1.29, 1.82) is 0 Å². The predicted octanol–water partition coefficient (Wildman–Crippen LogP) is 1.90. The highest BCUT2D eigenvalue weighted by molar-refractivity contribution is 7.91. The van der Waals surface area contributed by atoms with Gasteiger partial charge in [0.1, 0.15) is 17.4 Å². The third-order valence-electron chi connectivity index (χ3n) is 7.23. The summed E-state index contributed by atoms with van der Waals surface area (Å²) in [5.41, 5.74) is -1.20. The van der Waals surface area contributed by atoms with E-state index in [0.29, 0.717) is 60.7 Å². The average Bonchev–Trinajstić information content (AvgIpc) is 3.76. The first-order valence-electron chi connectivity index (χ1n) is 12.1. The summed E-state index contributed by atoms with van der Waals surface area (Å²) in [5, 5.41) is 7.51. The molecule has 2 aliphatic carbocycles. The quantitative estimate of drug-likeness (QED) is 0.442. The number of carbonyl (C=O) groups excluding carboxylic acids is 2. The average molecular weight is 537 g/mol. The van der Waals surface area contributed by atoms with E-state index in [9.17, 15) is 18.0 Å². The molecule has 0 radical (unpaired) electrons. The second-order valence-corrected chi connectivity index (χ2v) is 12.1. The van der Waals surface area contributed by atoms with Gasteiger partial charge in [-0.3, -0.25) is 14.3 Å². The molecule has 3 fully saturated rings. The zero-order valence-corrected chi connectivity index (χ0v) is 21.6. The molecule has 0 unspecified atom stereocenters. The smallest absolute Gasteiger partial charge is 0.259 e. The topological polar surface area (TPSA) is 136 Å². The highest BCUT2D eigenvalue weighted by Gasteiger charge is 2.61. The Labute approximate surface area is 214 Å². The lowest BCUT2D eigenvalue weighted by Crippen LogP contribution is -2.55. The molecule has 1 aromatic heterocycles. The van der Waals surface area contributed by atoms with Crippen LogP contribution in [0, 0.1) is 5.92 Å². The van der Waals surface area contributed by atoms with Gasteiger partial charge in [0.25, 0.3) is 5.91 Å². The number of aromatic nitrogens is 1. The van der Waals surface area contributed by atoms with Crippen molar-refractivity contribution in [3.05, 3.63) is 29.4 Å². The molecule has 1 aliphatic heterocycles. The first-order valence-corrected chi connectivity index (χ1v) is 14.0. The Kier molecular flexibility index (Phi) is 6.50. The largest absolute Gasteiger partial charge is 0.494 e. The van der Waals surface area contributed by atoms with Crippen molar-refractivity contribution in [2.24, 2.45) is 5.92 Å². The lowest BCUT2D eigenvalue weighted by Gasteiger charge is -2.21. The standard InChI is InChI=1S/C24H29ClN4O6S/c1-3-13-10-24(13,23(31)29-36(32,33)16-5-6-16)28-21(30)19-9-15(11-26-19)35-22-18-8-14(25)4-7-17(18)20(34-2)12-27-22/h4,7-8,12-13,15-16,19,26H,3,5-6,9-11H2,1-2H3,(H,28,30)(H,29,31)/t13-,15-,19+,24-/m1/s1. The fourth-order valence-corrected chi connectivity index (χ4v) is 6.41. The minimum atomic E-state index is -3.70. The van der Waals surface area contributed by atoms with Gasteiger partial charge >= 0.3 is 0 Å². The molecule has 2 aromatic rings. The van der Waals surface area contributed by atoms with Gasteiger partial charge < -0.3 is 20.1 Å². The fraction of sp³-hybridized carbons (Fsp3) is 0.542. The maximum atomic E-state index is 13.1. The van der Waals surface area contributed by atoms with Gasteiger partial charge in [-0.2, -0.15) is 0 Å². The summed E-state index contributed by atoms with van der Waals surface area (Å²) in [7, 11) is -2.13. The van der Waals surface area contributed by atoms with Crippen molar-refractivity contribution >= 4 is 44.2 Å². The van der Waals surface area contributed by atoms with Gasteiger partial charge in [-0.15, -0.1) is 0 Å². The third kappa shape index (κ3) is 4.71. The maximum absolute atomic E-state index is 13.1. The number of hydrogen-bond acceptors (Lipinski definition) is 8. The molecule has 1 saturated heterocycles. The van der Waals surface area contributed by atoms with Gasteiger partial charge in [-0.1, -0.05) is 24.9 Å². The second kappa shape index (κ2) is 9.35. The van der Waals surface area contributed by atoms with E-state index in [0.717, 1.165) is 5.39 Å². The van der Waals surface area contributed by atoms with Crippen molar-refractivity contribution in [3.63, 3.8) is 0 Å². The van der Waals surface area contributed by atoms with Gasteiger partial charge in [0.05, 0.1) is 24.6 Å². The van der Waals surface area contributed by atoms with Crippen molar-refractivity contribution in [2.75, 3.05) is 13.7 Å². The number of methoxy groups -OCH3 is 1. The molecule has 2 amide bonds. The molecule has 3 N–H and O–H groups in total. The molecule has 194 valence electrons. The number of fused-ring (bicyclic) bond motifs is 1.